The average Bonchev–Trinajstić information content (AvgIpc) is 3.04. The molecule has 0 saturated carbocycles. The summed E-state index contributed by atoms with van der Waals surface area (Å²) in [5.41, 5.74) is 6.24. The lowest BCUT2D eigenvalue weighted by molar-refractivity contribution is -0.122. The van der Waals surface area contributed by atoms with Crippen molar-refractivity contribution in [2.75, 3.05) is 4.90 Å². The van der Waals surface area contributed by atoms with Crippen LogP contribution in [-0.2, 0) is 9.59 Å². The normalized spacial score (nSPS) is 25.3. The summed E-state index contributed by atoms with van der Waals surface area (Å²) in [6, 6.07) is 20.4. The van der Waals surface area contributed by atoms with Gasteiger partial charge >= 0.3 is 5.97 Å². The van der Waals surface area contributed by atoms with Gasteiger partial charge in [0.05, 0.1) is 23.1 Å². The van der Waals surface area contributed by atoms with Crippen molar-refractivity contribution in [3.63, 3.8) is 0 Å². The van der Waals surface area contributed by atoms with Crippen molar-refractivity contribution in [2.24, 2.45) is 11.8 Å². The maximum absolute atomic E-state index is 13.7. The molecule has 2 amide bonds. The minimum Gasteiger partial charge on any atom is -0.478 e. The maximum atomic E-state index is 13.7. The van der Waals surface area contributed by atoms with Crippen molar-refractivity contribution >= 4 is 23.5 Å². The number of amides is 2. The van der Waals surface area contributed by atoms with E-state index in [1.807, 2.05) is 19.1 Å². The van der Waals surface area contributed by atoms with Gasteiger partial charge in [0, 0.05) is 11.8 Å². The first-order valence-corrected chi connectivity index (χ1v) is 10.4. The van der Waals surface area contributed by atoms with Crippen molar-refractivity contribution in [1.29, 1.82) is 0 Å². The summed E-state index contributed by atoms with van der Waals surface area (Å²) in [6.45, 7) is 2.05. The third kappa shape index (κ3) is 2.29. The molecule has 1 N–H and O–H groups in total. The lowest BCUT2D eigenvalue weighted by atomic mass is 9.55. The Kier molecular flexibility index (Phi) is 3.58. The molecule has 7 rings (SSSR count). The number of hydrogen-bond acceptors (Lipinski definition) is 3. The summed E-state index contributed by atoms with van der Waals surface area (Å²) in [4.78, 5) is 39.7. The first kappa shape index (κ1) is 18.1. The number of carbonyl (C=O) groups is 3. The second-order valence-corrected chi connectivity index (χ2v) is 8.63. The van der Waals surface area contributed by atoms with Gasteiger partial charge in [0.2, 0.25) is 11.8 Å². The van der Waals surface area contributed by atoms with E-state index < -0.39 is 17.8 Å². The molecule has 152 valence electrons. The number of aryl methyl sites for hydroxylation is 1. The van der Waals surface area contributed by atoms with Crippen LogP contribution in [0.15, 0.2) is 66.7 Å². The molecule has 2 bridgehead atoms. The molecule has 1 saturated heterocycles. The van der Waals surface area contributed by atoms with Gasteiger partial charge < -0.3 is 5.11 Å². The fourth-order valence-electron chi connectivity index (χ4n) is 5.85. The van der Waals surface area contributed by atoms with Gasteiger partial charge in [0.25, 0.3) is 0 Å². The number of aromatic carboxylic acids is 1. The number of carboxylic acids is 1. The number of hydrogen-bond donors (Lipinski definition) is 1. The predicted octanol–water partition coefficient (Wildman–Crippen LogP) is 4.09. The lowest BCUT2D eigenvalue weighted by Gasteiger charge is -2.46. The molecule has 0 unspecified atom stereocenters. The monoisotopic (exact) mass is 409 g/mol. The largest absolute Gasteiger partial charge is 0.478 e. The van der Waals surface area contributed by atoms with E-state index in [4.69, 9.17) is 5.11 Å². The molecular weight excluding hydrogens is 390 g/mol. The van der Waals surface area contributed by atoms with Gasteiger partial charge in [-0.3, -0.25) is 9.59 Å². The Morgan fingerprint density at radius 3 is 1.90 bits per heavy atom. The quantitative estimate of drug-likeness (QED) is 0.647. The van der Waals surface area contributed by atoms with E-state index in [0.29, 0.717) is 5.69 Å². The minimum absolute atomic E-state index is 0.121. The van der Waals surface area contributed by atoms with Crippen LogP contribution in [0.1, 0.15) is 50.0 Å². The van der Waals surface area contributed by atoms with Crippen molar-refractivity contribution in [3.05, 3.63) is 100 Å². The van der Waals surface area contributed by atoms with Crippen LogP contribution in [-0.4, -0.2) is 22.9 Å². The van der Waals surface area contributed by atoms with Gasteiger partial charge in [-0.25, -0.2) is 9.69 Å². The number of benzene rings is 3. The summed E-state index contributed by atoms with van der Waals surface area (Å²) in [5.74, 6) is -2.63. The second kappa shape index (κ2) is 6.14. The Bertz CT molecular complexity index is 1290. The summed E-state index contributed by atoms with van der Waals surface area (Å²) < 4.78 is 0. The van der Waals surface area contributed by atoms with E-state index >= 15 is 0 Å². The molecule has 4 aliphatic rings. The molecule has 1 aliphatic heterocycles. The van der Waals surface area contributed by atoms with Crippen molar-refractivity contribution < 1.29 is 19.5 Å². The van der Waals surface area contributed by atoms with Crippen LogP contribution in [0.3, 0.4) is 0 Å². The molecule has 0 spiro atoms. The predicted molar refractivity (Wildman–Crippen MR) is 114 cm³/mol. The number of nitrogens with zero attached hydrogens (tertiary/aromatic N) is 1. The molecular formula is C26H19NO4. The first-order chi connectivity index (χ1) is 15.0. The zero-order chi connectivity index (χ0) is 21.4. The number of rotatable bonds is 2. The highest BCUT2D eigenvalue weighted by Crippen LogP contribution is 2.61. The van der Waals surface area contributed by atoms with Gasteiger partial charge in [0.15, 0.2) is 0 Å². The van der Waals surface area contributed by atoms with Crippen LogP contribution in [0.2, 0.25) is 0 Å². The molecule has 0 radical (unpaired) electrons. The number of anilines is 1. The van der Waals surface area contributed by atoms with E-state index in [2.05, 4.69) is 30.3 Å². The SMILES string of the molecule is Cc1ccc2c(c1)[C@@H]1c3ccccc3[C@@H]2[C@@H]2C(=O)N(c3ccc(C(=O)O)cc3)C(=O)[C@H]12. The third-order valence-electron chi connectivity index (χ3n) is 7.07. The van der Waals surface area contributed by atoms with Crippen molar-refractivity contribution in [2.45, 2.75) is 18.8 Å². The Morgan fingerprint density at radius 2 is 1.32 bits per heavy atom. The maximum Gasteiger partial charge on any atom is 0.335 e. The van der Waals surface area contributed by atoms with Gasteiger partial charge in [-0.05, 0) is 53.4 Å². The van der Waals surface area contributed by atoms with E-state index in [1.54, 1.807) is 12.1 Å². The average molecular weight is 409 g/mol. The molecule has 5 heteroatoms. The van der Waals surface area contributed by atoms with Crippen molar-refractivity contribution in [1.82, 2.24) is 0 Å². The van der Waals surface area contributed by atoms with Crippen LogP contribution >= 0.6 is 0 Å². The molecule has 5 nitrogen and oxygen atoms in total. The van der Waals surface area contributed by atoms with Crippen LogP contribution in [0.4, 0.5) is 5.69 Å². The zero-order valence-electron chi connectivity index (χ0n) is 16.8. The molecule has 1 fully saturated rings. The van der Waals surface area contributed by atoms with Crippen LogP contribution in [0.25, 0.3) is 0 Å². The molecule has 3 aromatic carbocycles. The summed E-state index contributed by atoms with van der Waals surface area (Å²) >= 11 is 0. The van der Waals surface area contributed by atoms with E-state index in [-0.39, 0.29) is 29.2 Å². The second-order valence-electron chi connectivity index (χ2n) is 8.63. The van der Waals surface area contributed by atoms with E-state index in [1.165, 1.54) is 17.0 Å². The summed E-state index contributed by atoms with van der Waals surface area (Å²) in [7, 11) is 0. The Balaban J connectivity index is 1.52. The van der Waals surface area contributed by atoms with Gasteiger partial charge in [0.1, 0.15) is 0 Å². The fourth-order valence-corrected chi connectivity index (χ4v) is 5.85. The van der Waals surface area contributed by atoms with E-state index in [0.717, 1.165) is 27.8 Å². The fraction of sp³-hybridized carbons (Fsp3) is 0.192. The number of carboxylic acid groups (broad SMARTS) is 1. The molecule has 0 aromatic heterocycles. The molecule has 31 heavy (non-hydrogen) atoms. The highest BCUT2D eigenvalue weighted by molar-refractivity contribution is 6.23. The van der Waals surface area contributed by atoms with Crippen LogP contribution in [0.5, 0.6) is 0 Å². The summed E-state index contributed by atoms with van der Waals surface area (Å²) in [6.07, 6.45) is 0. The van der Waals surface area contributed by atoms with Gasteiger partial charge in [-0.2, -0.15) is 0 Å². The topological polar surface area (TPSA) is 74.7 Å². The Hall–Kier alpha value is -3.73. The smallest absolute Gasteiger partial charge is 0.335 e. The Morgan fingerprint density at radius 1 is 0.774 bits per heavy atom. The van der Waals surface area contributed by atoms with Gasteiger partial charge in [-0.1, -0.05) is 48.0 Å². The minimum atomic E-state index is -1.04. The molecule has 3 aliphatic carbocycles. The van der Waals surface area contributed by atoms with Crippen LogP contribution in [0, 0.1) is 18.8 Å². The summed E-state index contributed by atoms with van der Waals surface area (Å²) in [5, 5.41) is 9.17. The van der Waals surface area contributed by atoms with Crippen LogP contribution < -0.4 is 4.90 Å². The first-order valence-electron chi connectivity index (χ1n) is 10.4. The Labute approximate surface area is 178 Å². The number of carbonyl (C=O) groups excluding carboxylic acids is 2. The molecule has 1 heterocycles. The molecule has 3 aromatic rings. The lowest BCUT2D eigenvalue weighted by Crippen LogP contribution is -2.41. The number of imide groups is 1. The third-order valence-corrected chi connectivity index (χ3v) is 7.07. The highest BCUT2D eigenvalue weighted by atomic mass is 16.4. The zero-order valence-corrected chi connectivity index (χ0v) is 16.8. The van der Waals surface area contributed by atoms with E-state index in [9.17, 15) is 14.4 Å². The highest BCUT2D eigenvalue weighted by Gasteiger charge is 2.61. The molecule has 4 atom stereocenters. The van der Waals surface area contributed by atoms with Gasteiger partial charge in [-0.15, -0.1) is 0 Å². The standard InChI is InChI=1S/C26H19NO4/c1-13-6-11-18-19(12-13)21-17-5-3-2-4-16(17)20(18)22-23(21)25(29)27(24(22)28)15-9-7-14(8-10-15)26(30)31/h2-12,20-23H,1H3,(H,30,31)/t20-,21-,22-,23+/m0/s1. The van der Waals surface area contributed by atoms with Crippen molar-refractivity contribution in [3.8, 4) is 0 Å².